The van der Waals surface area contributed by atoms with Crippen molar-refractivity contribution in [3.8, 4) is 0 Å². The highest BCUT2D eigenvalue weighted by atomic mass is 35.5. The molecular weight excluding hydrogens is 266 g/mol. The van der Waals surface area contributed by atoms with Gasteiger partial charge in [-0.25, -0.2) is 0 Å². The van der Waals surface area contributed by atoms with Gasteiger partial charge in [0.25, 0.3) is 0 Å². The van der Waals surface area contributed by atoms with Gasteiger partial charge in [-0.05, 0) is 18.7 Å². The largest absolute Gasteiger partial charge is 0.314 e. The van der Waals surface area contributed by atoms with Crippen molar-refractivity contribution in [2.45, 2.75) is 12.6 Å². The zero-order valence-corrected chi connectivity index (χ0v) is 11.4. The highest BCUT2D eigenvalue weighted by molar-refractivity contribution is 6.42. The van der Waals surface area contributed by atoms with Crippen LogP contribution < -0.4 is 5.32 Å². The van der Waals surface area contributed by atoms with E-state index in [0.717, 1.165) is 25.2 Å². The van der Waals surface area contributed by atoms with Crippen LogP contribution in [0.4, 0.5) is 0 Å². The quantitative estimate of drug-likeness (QED) is 0.916. The van der Waals surface area contributed by atoms with Crippen LogP contribution in [0.1, 0.15) is 5.56 Å². The topological polar surface area (TPSA) is 15.3 Å². The van der Waals surface area contributed by atoms with Gasteiger partial charge in [0.15, 0.2) is 0 Å². The number of benzene rings is 1. The molecule has 0 unspecified atom stereocenters. The Labute approximate surface area is 112 Å². The molecule has 2 nitrogen and oxygen atoms in total. The molecule has 0 aliphatic carbocycles. The van der Waals surface area contributed by atoms with E-state index in [2.05, 4.69) is 17.3 Å². The SMILES string of the molecule is CN(Cc1cccc(Cl)c1Cl)C1CNC1.Cl. The van der Waals surface area contributed by atoms with E-state index >= 15 is 0 Å². The molecule has 1 N–H and O–H groups in total. The average Bonchev–Trinajstić information content (AvgIpc) is 2.10. The summed E-state index contributed by atoms with van der Waals surface area (Å²) in [6.45, 7) is 2.98. The second-order valence-electron chi connectivity index (χ2n) is 3.94. The normalized spacial score (nSPS) is 15.8. The smallest absolute Gasteiger partial charge is 0.0637 e. The first-order chi connectivity index (χ1) is 7.18. The maximum atomic E-state index is 6.13. The van der Waals surface area contributed by atoms with E-state index in [1.54, 1.807) is 0 Å². The Morgan fingerprint density at radius 1 is 1.38 bits per heavy atom. The summed E-state index contributed by atoms with van der Waals surface area (Å²) >= 11 is 12.1. The summed E-state index contributed by atoms with van der Waals surface area (Å²) in [4.78, 5) is 2.30. The summed E-state index contributed by atoms with van der Waals surface area (Å²) in [7, 11) is 2.11. The highest BCUT2D eigenvalue weighted by Gasteiger charge is 2.21. The number of halogens is 3. The predicted octanol–water partition coefficient (Wildman–Crippen LogP) is 2.82. The molecule has 0 aromatic heterocycles. The van der Waals surface area contributed by atoms with E-state index in [0.29, 0.717) is 16.1 Å². The van der Waals surface area contributed by atoms with Gasteiger partial charge in [-0.1, -0.05) is 35.3 Å². The fourth-order valence-electron chi connectivity index (χ4n) is 1.65. The molecule has 1 aliphatic heterocycles. The van der Waals surface area contributed by atoms with Crippen LogP contribution in [0.15, 0.2) is 18.2 Å². The van der Waals surface area contributed by atoms with Crippen LogP contribution in [0, 0.1) is 0 Å². The zero-order valence-electron chi connectivity index (χ0n) is 9.04. The zero-order chi connectivity index (χ0) is 10.8. The van der Waals surface area contributed by atoms with E-state index in [1.165, 1.54) is 0 Å². The molecule has 0 saturated carbocycles. The van der Waals surface area contributed by atoms with Gasteiger partial charge in [0.1, 0.15) is 0 Å². The fraction of sp³-hybridized carbons (Fsp3) is 0.455. The third kappa shape index (κ3) is 3.02. The average molecular weight is 282 g/mol. The lowest BCUT2D eigenvalue weighted by atomic mass is 10.1. The van der Waals surface area contributed by atoms with Gasteiger partial charge in [0.05, 0.1) is 10.0 Å². The number of nitrogens with zero attached hydrogens (tertiary/aromatic N) is 1. The predicted molar refractivity (Wildman–Crippen MR) is 71.8 cm³/mol. The van der Waals surface area contributed by atoms with Gasteiger partial charge < -0.3 is 5.32 Å². The first-order valence-corrected chi connectivity index (χ1v) is 5.78. The summed E-state index contributed by atoms with van der Waals surface area (Å²) in [6, 6.07) is 6.41. The number of rotatable bonds is 3. The van der Waals surface area contributed by atoms with Gasteiger partial charge in [-0.3, -0.25) is 4.90 Å². The monoisotopic (exact) mass is 280 g/mol. The molecule has 5 heteroatoms. The first kappa shape index (κ1) is 14.1. The molecule has 90 valence electrons. The minimum Gasteiger partial charge on any atom is -0.314 e. The van der Waals surface area contributed by atoms with Crippen molar-refractivity contribution in [1.82, 2.24) is 10.2 Å². The molecule has 1 aromatic rings. The standard InChI is InChI=1S/C11H14Cl2N2.ClH/c1-15(9-5-14-6-9)7-8-3-2-4-10(12)11(8)13;/h2-4,9,14H,5-7H2,1H3;1H. The van der Waals surface area contributed by atoms with Crippen molar-refractivity contribution >= 4 is 35.6 Å². The van der Waals surface area contributed by atoms with E-state index in [-0.39, 0.29) is 12.4 Å². The molecule has 1 heterocycles. The van der Waals surface area contributed by atoms with E-state index in [1.807, 2.05) is 18.2 Å². The van der Waals surface area contributed by atoms with Crippen LogP contribution in [0.25, 0.3) is 0 Å². The van der Waals surface area contributed by atoms with Crippen molar-refractivity contribution in [2.75, 3.05) is 20.1 Å². The number of hydrogen-bond acceptors (Lipinski definition) is 2. The van der Waals surface area contributed by atoms with Crippen molar-refractivity contribution < 1.29 is 0 Å². The summed E-state index contributed by atoms with van der Waals surface area (Å²) < 4.78 is 0. The Bertz CT molecular complexity index is 353. The Morgan fingerprint density at radius 3 is 2.62 bits per heavy atom. The number of likely N-dealkylation sites (N-methyl/N-ethyl adjacent to an activating group) is 1. The van der Waals surface area contributed by atoms with E-state index in [9.17, 15) is 0 Å². The van der Waals surface area contributed by atoms with Crippen molar-refractivity contribution in [3.05, 3.63) is 33.8 Å². The number of hydrogen-bond donors (Lipinski definition) is 1. The second-order valence-corrected chi connectivity index (χ2v) is 4.73. The molecule has 0 spiro atoms. The first-order valence-electron chi connectivity index (χ1n) is 5.02. The summed E-state index contributed by atoms with van der Waals surface area (Å²) in [5, 5.41) is 4.57. The number of nitrogens with one attached hydrogen (secondary N) is 1. The minimum atomic E-state index is 0. The van der Waals surface area contributed by atoms with Crippen molar-refractivity contribution in [3.63, 3.8) is 0 Å². The Morgan fingerprint density at radius 2 is 2.06 bits per heavy atom. The van der Waals surface area contributed by atoms with Crippen molar-refractivity contribution in [2.24, 2.45) is 0 Å². The van der Waals surface area contributed by atoms with Gasteiger partial charge in [0, 0.05) is 25.7 Å². The molecular formula is C11H15Cl3N2. The Balaban J connectivity index is 0.00000128. The minimum absolute atomic E-state index is 0. The highest BCUT2D eigenvalue weighted by Crippen LogP contribution is 2.26. The third-order valence-corrected chi connectivity index (χ3v) is 3.69. The van der Waals surface area contributed by atoms with Crippen LogP contribution >= 0.6 is 35.6 Å². The van der Waals surface area contributed by atoms with Crippen LogP contribution in [-0.4, -0.2) is 31.1 Å². The maximum Gasteiger partial charge on any atom is 0.0637 e. The summed E-state index contributed by atoms with van der Waals surface area (Å²) in [5.74, 6) is 0. The molecule has 1 aromatic carbocycles. The Kier molecular flexibility index (Phi) is 5.35. The molecule has 2 rings (SSSR count). The van der Waals surface area contributed by atoms with Gasteiger partial charge in [0.2, 0.25) is 0 Å². The molecule has 16 heavy (non-hydrogen) atoms. The van der Waals surface area contributed by atoms with Gasteiger partial charge in [-0.2, -0.15) is 0 Å². The van der Waals surface area contributed by atoms with Crippen LogP contribution in [0.2, 0.25) is 10.0 Å². The van der Waals surface area contributed by atoms with Crippen LogP contribution in [-0.2, 0) is 6.54 Å². The molecule has 0 atom stereocenters. The third-order valence-electron chi connectivity index (χ3n) is 2.83. The molecule has 0 amide bonds. The van der Waals surface area contributed by atoms with Gasteiger partial charge >= 0.3 is 0 Å². The van der Waals surface area contributed by atoms with E-state index in [4.69, 9.17) is 23.2 Å². The lowest BCUT2D eigenvalue weighted by Crippen LogP contribution is -2.55. The summed E-state index contributed by atoms with van der Waals surface area (Å²) in [5.41, 5.74) is 1.10. The van der Waals surface area contributed by atoms with Crippen LogP contribution in [0.5, 0.6) is 0 Å². The lowest BCUT2D eigenvalue weighted by Gasteiger charge is -2.35. The van der Waals surface area contributed by atoms with Crippen LogP contribution in [0.3, 0.4) is 0 Å². The molecule has 1 fully saturated rings. The molecule has 1 saturated heterocycles. The van der Waals surface area contributed by atoms with Crippen molar-refractivity contribution in [1.29, 1.82) is 0 Å². The maximum absolute atomic E-state index is 6.13. The Hall–Kier alpha value is 0.01000. The second kappa shape index (κ2) is 6.08. The molecule has 0 radical (unpaired) electrons. The molecule has 1 aliphatic rings. The fourth-order valence-corrected chi connectivity index (χ4v) is 2.03. The summed E-state index contributed by atoms with van der Waals surface area (Å²) in [6.07, 6.45) is 0. The van der Waals surface area contributed by atoms with Gasteiger partial charge in [-0.15, -0.1) is 12.4 Å². The lowest BCUT2D eigenvalue weighted by molar-refractivity contribution is 0.173. The van der Waals surface area contributed by atoms with E-state index < -0.39 is 0 Å². The molecule has 0 bridgehead atoms.